The molecule has 0 saturated heterocycles. The van der Waals surface area contributed by atoms with Gasteiger partial charge in [-0.1, -0.05) is 18.5 Å². The van der Waals surface area contributed by atoms with Gasteiger partial charge in [0.25, 0.3) is 0 Å². The summed E-state index contributed by atoms with van der Waals surface area (Å²) in [6.07, 6.45) is 0.974. The van der Waals surface area contributed by atoms with Crippen molar-refractivity contribution in [3.05, 3.63) is 29.0 Å². The van der Waals surface area contributed by atoms with Gasteiger partial charge >= 0.3 is 0 Å². The van der Waals surface area contributed by atoms with E-state index in [0.717, 1.165) is 6.42 Å². The standard InChI is InChI=1S/C13H19ClFNO/c1-4-9(2)16-8-10(3)17-13-6-5-11(14)7-12(13)15/h5-7,9-10,16H,4,8H2,1-3H3. The topological polar surface area (TPSA) is 21.3 Å². The molecule has 0 amide bonds. The summed E-state index contributed by atoms with van der Waals surface area (Å²) >= 11 is 5.67. The summed E-state index contributed by atoms with van der Waals surface area (Å²) in [5.41, 5.74) is 0. The second-order valence-electron chi connectivity index (χ2n) is 4.22. The third-order valence-corrected chi connectivity index (χ3v) is 2.82. The molecule has 1 N–H and O–H groups in total. The van der Waals surface area contributed by atoms with Crippen molar-refractivity contribution < 1.29 is 9.13 Å². The van der Waals surface area contributed by atoms with Gasteiger partial charge in [0.15, 0.2) is 11.6 Å². The van der Waals surface area contributed by atoms with Crippen LogP contribution in [0.1, 0.15) is 27.2 Å². The van der Waals surface area contributed by atoms with Crippen LogP contribution in [0.25, 0.3) is 0 Å². The molecule has 0 aliphatic carbocycles. The Kier molecular flexibility index (Phi) is 5.72. The third kappa shape index (κ3) is 4.92. The largest absolute Gasteiger partial charge is 0.486 e. The van der Waals surface area contributed by atoms with Crippen molar-refractivity contribution in [3.8, 4) is 5.75 Å². The predicted molar refractivity (Wildman–Crippen MR) is 69.3 cm³/mol. The zero-order valence-corrected chi connectivity index (χ0v) is 11.2. The lowest BCUT2D eigenvalue weighted by Crippen LogP contribution is -2.34. The number of benzene rings is 1. The molecule has 0 fully saturated rings. The lowest BCUT2D eigenvalue weighted by Gasteiger charge is -2.18. The van der Waals surface area contributed by atoms with Gasteiger partial charge in [-0.05, 0) is 38.5 Å². The van der Waals surface area contributed by atoms with Crippen LogP contribution in [-0.4, -0.2) is 18.7 Å². The molecule has 1 aromatic carbocycles. The van der Waals surface area contributed by atoms with E-state index in [4.69, 9.17) is 16.3 Å². The highest BCUT2D eigenvalue weighted by Gasteiger charge is 2.09. The van der Waals surface area contributed by atoms with Crippen molar-refractivity contribution >= 4 is 11.6 Å². The summed E-state index contributed by atoms with van der Waals surface area (Å²) < 4.78 is 18.9. The lowest BCUT2D eigenvalue weighted by atomic mass is 10.2. The molecular formula is C13H19ClFNO. The molecule has 96 valence electrons. The molecule has 0 radical (unpaired) electrons. The number of ether oxygens (including phenoxy) is 1. The van der Waals surface area contributed by atoms with Crippen molar-refractivity contribution in [1.29, 1.82) is 0 Å². The summed E-state index contributed by atoms with van der Waals surface area (Å²) in [6, 6.07) is 4.87. The van der Waals surface area contributed by atoms with E-state index in [1.807, 2.05) is 6.92 Å². The Hall–Kier alpha value is -0.800. The quantitative estimate of drug-likeness (QED) is 0.842. The molecule has 0 spiro atoms. The summed E-state index contributed by atoms with van der Waals surface area (Å²) in [5, 5.41) is 3.68. The second-order valence-corrected chi connectivity index (χ2v) is 4.66. The Bertz CT molecular complexity index is 359. The van der Waals surface area contributed by atoms with Gasteiger partial charge in [-0.25, -0.2) is 4.39 Å². The van der Waals surface area contributed by atoms with Gasteiger partial charge in [-0.2, -0.15) is 0 Å². The zero-order chi connectivity index (χ0) is 12.8. The average Bonchev–Trinajstić information content (AvgIpc) is 2.29. The fourth-order valence-electron chi connectivity index (χ4n) is 1.34. The highest BCUT2D eigenvalue weighted by atomic mass is 35.5. The number of nitrogens with one attached hydrogen (secondary N) is 1. The number of hydrogen-bond donors (Lipinski definition) is 1. The highest BCUT2D eigenvalue weighted by Crippen LogP contribution is 2.21. The minimum absolute atomic E-state index is 0.0836. The number of halogens is 2. The smallest absolute Gasteiger partial charge is 0.166 e. The van der Waals surface area contributed by atoms with Crippen molar-refractivity contribution in [2.24, 2.45) is 0 Å². The molecule has 4 heteroatoms. The molecule has 0 aromatic heterocycles. The molecule has 2 atom stereocenters. The van der Waals surface area contributed by atoms with Crippen LogP contribution in [0.15, 0.2) is 18.2 Å². The Labute approximate surface area is 107 Å². The van der Waals surface area contributed by atoms with Crippen LogP contribution in [-0.2, 0) is 0 Å². The zero-order valence-electron chi connectivity index (χ0n) is 10.5. The molecule has 0 aliphatic rings. The van der Waals surface area contributed by atoms with Crippen molar-refractivity contribution in [3.63, 3.8) is 0 Å². The van der Waals surface area contributed by atoms with Crippen molar-refractivity contribution in [2.45, 2.75) is 39.3 Å². The minimum atomic E-state index is -0.423. The maximum Gasteiger partial charge on any atom is 0.166 e. The molecule has 1 aromatic rings. The molecule has 0 bridgehead atoms. The van der Waals surface area contributed by atoms with E-state index >= 15 is 0 Å². The molecular weight excluding hydrogens is 241 g/mol. The van der Waals surface area contributed by atoms with Crippen LogP contribution >= 0.6 is 11.6 Å². The third-order valence-electron chi connectivity index (χ3n) is 2.59. The van der Waals surface area contributed by atoms with Gasteiger partial charge < -0.3 is 10.1 Å². The van der Waals surface area contributed by atoms with Crippen LogP contribution in [0.2, 0.25) is 5.02 Å². The molecule has 2 unspecified atom stereocenters. The van der Waals surface area contributed by atoms with Gasteiger partial charge in [-0.3, -0.25) is 0 Å². The first-order chi connectivity index (χ1) is 8.02. The number of hydrogen-bond acceptors (Lipinski definition) is 2. The van der Waals surface area contributed by atoms with E-state index in [0.29, 0.717) is 17.6 Å². The first kappa shape index (κ1) is 14.3. The Balaban J connectivity index is 2.47. The van der Waals surface area contributed by atoms with E-state index in [-0.39, 0.29) is 11.9 Å². The van der Waals surface area contributed by atoms with Crippen LogP contribution in [0.4, 0.5) is 4.39 Å². The van der Waals surface area contributed by atoms with E-state index in [1.165, 1.54) is 6.07 Å². The van der Waals surface area contributed by atoms with E-state index in [1.54, 1.807) is 12.1 Å². The van der Waals surface area contributed by atoms with Crippen LogP contribution in [0.3, 0.4) is 0 Å². The highest BCUT2D eigenvalue weighted by molar-refractivity contribution is 6.30. The summed E-state index contributed by atoms with van der Waals surface area (Å²) in [4.78, 5) is 0. The predicted octanol–water partition coefficient (Wildman–Crippen LogP) is 3.63. The Morgan fingerprint density at radius 2 is 2.12 bits per heavy atom. The summed E-state index contributed by atoms with van der Waals surface area (Å²) in [5.74, 6) is -0.180. The molecule has 2 nitrogen and oxygen atoms in total. The maximum atomic E-state index is 13.4. The van der Waals surface area contributed by atoms with E-state index < -0.39 is 5.82 Å². The van der Waals surface area contributed by atoms with Gasteiger partial charge in [0.1, 0.15) is 6.10 Å². The normalized spacial score (nSPS) is 14.4. The van der Waals surface area contributed by atoms with Crippen LogP contribution in [0, 0.1) is 5.82 Å². The van der Waals surface area contributed by atoms with E-state index in [2.05, 4.69) is 19.2 Å². The van der Waals surface area contributed by atoms with Gasteiger partial charge in [0.2, 0.25) is 0 Å². The minimum Gasteiger partial charge on any atom is -0.486 e. The summed E-state index contributed by atoms with van der Waals surface area (Å²) in [7, 11) is 0. The molecule has 0 heterocycles. The average molecular weight is 260 g/mol. The lowest BCUT2D eigenvalue weighted by molar-refractivity contribution is 0.203. The van der Waals surface area contributed by atoms with Gasteiger partial charge in [0.05, 0.1) is 0 Å². The number of rotatable bonds is 6. The molecule has 1 rings (SSSR count). The van der Waals surface area contributed by atoms with E-state index in [9.17, 15) is 4.39 Å². The second kappa shape index (κ2) is 6.82. The molecule has 17 heavy (non-hydrogen) atoms. The first-order valence-electron chi connectivity index (χ1n) is 5.88. The SMILES string of the molecule is CCC(C)NCC(C)Oc1ccc(Cl)cc1F. The van der Waals surface area contributed by atoms with Gasteiger partial charge in [-0.15, -0.1) is 0 Å². The fraction of sp³-hybridized carbons (Fsp3) is 0.538. The fourth-order valence-corrected chi connectivity index (χ4v) is 1.50. The first-order valence-corrected chi connectivity index (χ1v) is 6.25. The Morgan fingerprint density at radius 3 is 2.71 bits per heavy atom. The molecule has 0 saturated carbocycles. The van der Waals surface area contributed by atoms with Crippen molar-refractivity contribution in [2.75, 3.05) is 6.54 Å². The van der Waals surface area contributed by atoms with Crippen LogP contribution < -0.4 is 10.1 Å². The molecule has 0 aliphatic heterocycles. The van der Waals surface area contributed by atoms with Crippen LogP contribution in [0.5, 0.6) is 5.75 Å². The van der Waals surface area contributed by atoms with Crippen molar-refractivity contribution in [1.82, 2.24) is 5.32 Å². The van der Waals surface area contributed by atoms with Gasteiger partial charge in [0, 0.05) is 17.6 Å². The maximum absolute atomic E-state index is 13.4. The summed E-state index contributed by atoms with van der Waals surface area (Å²) in [6.45, 7) is 6.82. The monoisotopic (exact) mass is 259 g/mol. The Morgan fingerprint density at radius 1 is 1.41 bits per heavy atom.